The fraction of sp³-hybridized carbons (Fsp3) is 0.200. The normalized spacial score (nSPS) is 10.4. The molecule has 0 aliphatic carbocycles. The summed E-state index contributed by atoms with van der Waals surface area (Å²) in [6.45, 7) is 6.48. The van der Waals surface area contributed by atoms with E-state index in [0.29, 0.717) is 18.2 Å². The minimum atomic E-state index is -0.265. The number of carbonyl (C=O) groups excluding carboxylic acids is 1. The van der Waals surface area contributed by atoms with Crippen molar-refractivity contribution in [2.45, 2.75) is 27.3 Å². The average Bonchev–Trinajstić information content (AvgIpc) is 2.64. The molecule has 0 fully saturated rings. The lowest BCUT2D eigenvalue weighted by atomic mass is 10.1. The number of anilines is 2. The molecule has 3 aromatic rings. The second-order valence-electron chi connectivity index (χ2n) is 6.17. The van der Waals surface area contributed by atoms with E-state index in [1.54, 1.807) is 18.5 Å². The number of hydrogen-bond donors (Lipinski definition) is 2. The largest absolute Gasteiger partial charge is 0.345 e. The number of nitrogens with zero attached hydrogens (tertiary/aromatic N) is 3. The van der Waals surface area contributed by atoms with Crippen LogP contribution in [0, 0.1) is 20.8 Å². The first-order chi connectivity index (χ1) is 12.5. The van der Waals surface area contributed by atoms with Gasteiger partial charge in [-0.15, -0.1) is 0 Å². The Morgan fingerprint density at radius 3 is 2.46 bits per heavy atom. The zero-order chi connectivity index (χ0) is 18.5. The molecule has 0 aliphatic heterocycles. The minimum absolute atomic E-state index is 0.265. The highest BCUT2D eigenvalue weighted by molar-refractivity contribution is 5.92. The second kappa shape index (κ2) is 7.74. The minimum Gasteiger partial charge on any atom is -0.345 e. The summed E-state index contributed by atoms with van der Waals surface area (Å²) in [5, 5.41) is 6.04. The molecule has 1 aromatic carbocycles. The first kappa shape index (κ1) is 17.5. The van der Waals surface area contributed by atoms with Crippen molar-refractivity contribution in [2.24, 2.45) is 0 Å². The van der Waals surface area contributed by atoms with Crippen LogP contribution in [0.2, 0.25) is 0 Å². The summed E-state index contributed by atoms with van der Waals surface area (Å²) in [4.78, 5) is 25.1. The Kier molecular flexibility index (Phi) is 5.22. The van der Waals surface area contributed by atoms with Gasteiger partial charge in [-0.3, -0.25) is 9.78 Å². The van der Waals surface area contributed by atoms with Crippen LogP contribution in [-0.2, 0) is 6.54 Å². The first-order valence-electron chi connectivity index (χ1n) is 8.39. The standard InChI is InChI=1S/C20H21N5O/c1-13-10-14(2)18(15(3)11-13)25-20-22-9-7-17(24-20)19(26)23-12-16-6-4-5-8-21-16/h4-11H,12H2,1-3H3,(H,23,26)(H,22,24,25). The first-order valence-corrected chi connectivity index (χ1v) is 8.39. The van der Waals surface area contributed by atoms with E-state index in [4.69, 9.17) is 0 Å². The van der Waals surface area contributed by atoms with Crippen LogP contribution in [-0.4, -0.2) is 20.9 Å². The summed E-state index contributed by atoms with van der Waals surface area (Å²) in [5.74, 6) is 0.129. The number of carbonyl (C=O) groups is 1. The van der Waals surface area contributed by atoms with Crippen LogP contribution in [0.4, 0.5) is 11.6 Å². The predicted octanol–water partition coefficient (Wildman–Crippen LogP) is 3.47. The number of aryl methyl sites for hydroxylation is 3. The third-order valence-electron chi connectivity index (χ3n) is 3.96. The Balaban J connectivity index is 1.73. The smallest absolute Gasteiger partial charge is 0.270 e. The summed E-state index contributed by atoms with van der Waals surface area (Å²) in [6.07, 6.45) is 3.27. The SMILES string of the molecule is Cc1cc(C)c(Nc2nccc(C(=O)NCc3ccccn3)n2)c(C)c1. The van der Waals surface area contributed by atoms with Crippen LogP contribution >= 0.6 is 0 Å². The van der Waals surface area contributed by atoms with Gasteiger partial charge in [-0.25, -0.2) is 9.97 Å². The van der Waals surface area contributed by atoms with Gasteiger partial charge < -0.3 is 10.6 Å². The molecule has 0 unspecified atom stereocenters. The number of hydrogen-bond acceptors (Lipinski definition) is 5. The fourth-order valence-corrected chi connectivity index (χ4v) is 2.80. The van der Waals surface area contributed by atoms with E-state index >= 15 is 0 Å². The van der Waals surface area contributed by atoms with E-state index in [1.807, 2.05) is 32.0 Å². The zero-order valence-electron chi connectivity index (χ0n) is 15.1. The van der Waals surface area contributed by atoms with Crippen LogP contribution < -0.4 is 10.6 Å². The molecule has 3 rings (SSSR count). The van der Waals surface area contributed by atoms with Gasteiger partial charge in [-0.1, -0.05) is 23.8 Å². The molecule has 0 bridgehead atoms. The molecule has 0 atom stereocenters. The highest BCUT2D eigenvalue weighted by Crippen LogP contribution is 2.24. The van der Waals surface area contributed by atoms with Crippen LogP contribution in [0.25, 0.3) is 0 Å². The van der Waals surface area contributed by atoms with Gasteiger partial charge in [0.1, 0.15) is 5.69 Å². The number of rotatable bonds is 5. The predicted molar refractivity (Wildman–Crippen MR) is 101 cm³/mol. The van der Waals surface area contributed by atoms with Crippen molar-refractivity contribution in [3.05, 3.63) is 76.9 Å². The Labute approximate surface area is 152 Å². The summed E-state index contributed by atoms with van der Waals surface area (Å²) in [5.41, 5.74) is 5.47. The molecule has 0 radical (unpaired) electrons. The number of nitrogens with one attached hydrogen (secondary N) is 2. The molecule has 0 saturated carbocycles. The highest BCUT2D eigenvalue weighted by Gasteiger charge is 2.11. The Morgan fingerprint density at radius 1 is 1.00 bits per heavy atom. The molecule has 2 N–H and O–H groups in total. The maximum Gasteiger partial charge on any atom is 0.270 e. The molecule has 0 saturated heterocycles. The van der Waals surface area contributed by atoms with Gasteiger partial charge >= 0.3 is 0 Å². The zero-order valence-corrected chi connectivity index (χ0v) is 15.1. The van der Waals surface area contributed by atoms with E-state index < -0.39 is 0 Å². The quantitative estimate of drug-likeness (QED) is 0.739. The van der Waals surface area contributed by atoms with Crippen LogP contribution in [0.1, 0.15) is 32.9 Å². The van der Waals surface area contributed by atoms with E-state index in [-0.39, 0.29) is 5.91 Å². The molecule has 6 nitrogen and oxygen atoms in total. The van der Waals surface area contributed by atoms with Crippen molar-refractivity contribution in [3.63, 3.8) is 0 Å². The third-order valence-corrected chi connectivity index (χ3v) is 3.96. The molecule has 0 aliphatic rings. The summed E-state index contributed by atoms with van der Waals surface area (Å²) in [6, 6.07) is 11.4. The number of pyridine rings is 1. The molecule has 132 valence electrons. The van der Waals surface area contributed by atoms with Gasteiger partial charge in [0.15, 0.2) is 0 Å². The molecule has 1 amide bonds. The lowest BCUT2D eigenvalue weighted by Gasteiger charge is -2.13. The maximum atomic E-state index is 12.3. The third kappa shape index (κ3) is 4.22. The van der Waals surface area contributed by atoms with Crippen molar-refractivity contribution >= 4 is 17.5 Å². The highest BCUT2D eigenvalue weighted by atomic mass is 16.1. The average molecular weight is 347 g/mol. The Bertz CT molecular complexity index is 901. The molecule has 26 heavy (non-hydrogen) atoms. The van der Waals surface area contributed by atoms with Gasteiger partial charge in [0, 0.05) is 18.1 Å². The lowest BCUT2D eigenvalue weighted by molar-refractivity contribution is 0.0945. The molecular weight excluding hydrogens is 326 g/mol. The van der Waals surface area contributed by atoms with Crippen molar-refractivity contribution < 1.29 is 4.79 Å². The summed E-state index contributed by atoms with van der Waals surface area (Å²) >= 11 is 0. The van der Waals surface area contributed by atoms with Gasteiger partial charge in [-0.05, 0) is 50.1 Å². The van der Waals surface area contributed by atoms with Crippen molar-refractivity contribution in [1.29, 1.82) is 0 Å². The number of amides is 1. The van der Waals surface area contributed by atoms with Gasteiger partial charge in [0.05, 0.1) is 12.2 Å². The number of aromatic nitrogens is 3. The number of benzene rings is 1. The van der Waals surface area contributed by atoms with Crippen LogP contribution in [0.3, 0.4) is 0 Å². The van der Waals surface area contributed by atoms with E-state index in [9.17, 15) is 4.79 Å². The van der Waals surface area contributed by atoms with Crippen molar-refractivity contribution in [2.75, 3.05) is 5.32 Å². The van der Waals surface area contributed by atoms with Gasteiger partial charge in [0.25, 0.3) is 5.91 Å². The van der Waals surface area contributed by atoms with Gasteiger partial charge in [0.2, 0.25) is 5.95 Å². The maximum absolute atomic E-state index is 12.3. The topological polar surface area (TPSA) is 79.8 Å². The van der Waals surface area contributed by atoms with E-state index in [1.165, 1.54) is 5.56 Å². The van der Waals surface area contributed by atoms with E-state index in [2.05, 4.69) is 44.6 Å². The van der Waals surface area contributed by atoms with Crippen LogP contribution in [0.15, 0.2) is 48.8 Å². The fourth-order valence-electron chi connectivity index (χ4n) is 2.80. The van der Waals surface area contributed by atoms with Crippen molar-refractivity contribution in [1.82, 2.24) is 20.3 Å². The van der Waals surface area contributed by atoms with E-state index in [0.717, 1.165) is 22.5 Å². The molecule has 6 heteroatoms. The monoisotopic (exact) mass is 347 g/mol. The molecule has 2 heterocycles. The molecule has 0 spiro atoms. The summed E-state index contributed by atoms with van der Waals surface area (Å²) in [7, 11) is 0. The van der Waals surface area contributed by atoms with Crippen LogP contribution in [0.5, 0.6) is 0 Å². The summed E-state index contributed by atoms with van der Waals surface area (Å²) < 4.78 is 0. The second-order valence-corrected chi connectivity index (χ2v) is 6.17. The molecular formula is C20H21N5O. The Morgan fingerprint density at radius 2 is 1.77 bits per heavy atom. The lowest BCUT2D eigenvalue weighted by Crippen LogP contribution is -2.24. The van der Waals surface area contributed by atoms with Crippen molar-refractivity contribution in [3.8, 4) is 0 Å². The molecule has 2 aromatic heterocycles. The van der Waals surface area contributed by atoms with Gasteiger partial charge in [-0.2, -0.15) is 0 Å². The Hall–Kier alpha value is -3.28.